The smallest absolute Gasteiger partial charge is 0.325 e. The Kier molecular flexibility index (Phi) is 6.66. The molecule has 3 amide bonds. The Balaban J connectivity index is 1.62. The third kappa shape index (κ3) is 5.14. The van der Waals surface area contributed by atoms with Gasteiger partial charge in [0.25, 0.3) is 5.91 Å². The Morgan fingerprint density at radius 1 is 1.00 bits per heavy atom. The Hall–Kier alpha value is -3.42. The lowest BCUT2D eigenvalue weighted by atomic mass is 9.88. The van der Waals surface area contributed by atoms with Crippen molar-refractivity contribution in [2.45, 2.75) is 31.2 Å². The summed E-state index contributed by atoms with van der Waals surface area (Å²) in [6.45, 7) is -0.219. The lowest BCUT2D eigenvalue weighted by Crippen LogP contribution is -2.45. The zero-order valence-electron chi connectivity index (χ0n) is 16.7. The zero-order valence-corrected chi connectivity index (χ0v) is 16.7. The van der Waals surface area contributed by atoms with Crippen molar-refractivity contribution < 1.29 is 23.5 Å². The minimum atomic E-state index is -0.541. The van der Waals surface area contributed by atoms with E-state index in [9.17, 15) is 18.8 Å². The van der Waals surface area contributed by atoms with Crippen LogP contribution in [0.1, 0.15) is 41.6 Å². The van der Waals surface area contributed by atoms with Crippen LogP contribution in [0.25, 0.3) is 0 Å². The number of urea groups is 1. The third-order valence-electron chi connectivity index (χ3n) is 5.23. The van der Waals surface area contributed by atoms with Crippen LogP contribution in [0.4, 0.5) is 14.9 Å². The van der Waals surface area contributed by atoms with Crippen LogP contribution in [0.5, 0.6) is 0 Å². The molecule has 30 heavy (non-hydrogen) atoms. The normalized spacial score (nSPS) is 14.6. The van der Waals surface area contributed by atoms with Crippen LogP contribution in [-0.2, 0) is 15.1 Å². The minimum Gasteiger partial charge on any atom is -0.468 e. The molecule has 0 unspecified atom stereocenters. The molecule has 0 aliphatic heterocycles. The van der Waals surface area contributed by atoms with Gasteiger partial charge in [0.1, 0.15) is 12.4 Å². The van der Waals surface area contributed by atoms with E-state index in [4.69, 9.17) is 0 Å². The number of esters is 1. The van der Waals surface area contributed by atoms with Gasteiger partial charge >= 0.3 is 12.0 Å². The highest BCUT2D eigenvalue weighted by Crippen LogP contribution is 2.38. The van der Waals surface area contributed by atoms with Gasteiger partial charge in [-0.2, -0.15) is 0 Å². The van der Waals surface area contributed by atoms with Gasteiger partial charge in [0, 0.05) is 11.3 Å². The summed E-state index contributed by atoms with van der Waals surface area (Å²) in [7, 11) is 1.24. The summed E-state index contributed by atoms with van der Waals surface area (Å²) in [5.74, 6) is -1.27. The monoisotopic (exact) mass is 413 g/mol. The summed E-state index contributed by atoms with van der Waals surface area (Å²) in [4.78, 5) is 35.7. The first kappa shape index (κ1) is 21.3. The molecule has 0 aromatic heterocycles. The summed E-state index contributed by atoms with van der Waals surface area (Å²) in [5.41, 5.74) is 1.23. The fourth-order valence-electron chi connectivity index (χ4n) is 3.64. The predicted molar refractivity (Wildman–Crippen MR) is 109 cm³/mol. The van der Waals surface area contributed by atoms with Crippen LogP contribution in [0.15, 0.2) is 48.5 Å². The molecule has 158 valence electrons. The molecule has 1 aliphatic rings. The maximum atomic E-state index is 13.3. The minimum absolute atomic E-state index is 0.219. The lowest BCUT2D eigenvalue weighted by Gasteiger charge is -2.31. The van der Waals surface area contributed by atoms with E-state index < -0.39 is 17.4 Å². The lowest BCUT2D eigenvalue weighted by molar-refractivity contribution is -0.139. The molecule has 0 bridgehead atoms. The number of benzene rings is 2. The first-order valence-electron chi connectivity index (χ1n) is 9.72. The molecule has 0 atom stereocenters. The van der Waals surface area contributed by atoms with Gasteiger partial charge in [-0.3, -0.25) is 9.59 Å². The Morgan fingerprint density at radius 3 is 2.23 bits per heavy atom. The highest BCUT2D eigenvalue weighted by molar-refractivity contribution is 5.97. The van der Waals surface area contributed by atoms with Crippen molar-refractivity contribution in [3.8, 4) is 0 Å². The van der Waals surface area contributed by atoms with E-state index in [0.29, 0.717) is 11.3 Å². The van der Waals surface area contributed by atoms with E-state index in [1.807, 2.05) is 0 Å². The van der Waals surface area contributed by atoms with Crippen LogP contribution in [0.3, 0.4) is 0 Å². The molecule has 1 aliphatic carbocycles. The second-order valence-electron chi connectivity index (χ2n) is 7.21. The van der Waals surface area contributed by atoms with Crippen molar-refractivity contribution >= 4 is 23.6 Å². The van der Waals surface area contributed by atoms with Crippen molar-refractivity contribution in [2.24, 2.45) is 0 Å². The molecule has 0 heterocycles. The average molecular weight is 413 g/mol. The number of ether oxygens (including phenoxy) is 1. The summed E-state index contributed by atoms with van der Waals surface area (Å²) >= 11 is 0. The van der Waals surface area contributed by atoms with Crippen LogP contribution >= 0.6 is 0 Å². The Morgan fingerprint density at radius 2 is 1.63 bits per heavy atom. The summed E-state index contributed by atoms with van der Waals surface area (Å²) in [5, 5.41) is 8.27. The SMILES string of the molecule is COC(=O)CNC(=O)c1ccc(NC(=O)NC2(c3ccc(F)cc3)CCCC2)cc1. The molecule has 2 aromatic rings. The number of methoxy groups -OCH3 is 1. The molecular weight excluding hydrogens is 389 g/mol. The van der Waals surface area contributed by atoms with E-state index in [2.05, 4.69) is 20.7 Å². The number of anilines is 1. The van der Waals surface area contributed by atoms with E-state index in [-0.39, 0.29) is 18.4 Å². The van der Waals surface area contributed by atoms with Gasteiger partial charge < -0.3 is 20.7 Å². The molecule has 3 N–H and O–H groups in total. The van der Waals surface area contributed by atoms with Gasteiger partial charge in [-0.05, 0) is 54.8 Å². The number of halogens is 1. The number of hydrogen-bond acceptors (Lipinski definition) is 4. The molecular formula is C22H24FN3O4. The molecule has 1 saturated carbocycles. The first-order chi connectivity index (χ1) is 14.4. The largest absolute Gasteiger partial charge is 0.468 e. The first-order valence-corrected chi connectivity index (χ1v) is 9.72. The van der Waals surface area contributed by atoms with Crippen molar-refractivity contribution in [3.63, 3.8) is 0 Å². The summed E-state index contributed by atoms with van der Waals surface area (Å²) < 4.78 is 17.8. The van der Waals surface area contributed by atoms with Crippen molar-refractivity contribution in [1.29, 1.82) is 0 Å². The van der Waals surface area contributed by atoms with Crippen LogP contribution in [-0.4, -0.2) is 31.6 Å². The number of nitrogens with one attached hydrogen (secondary N) is 3. The van der Waals surface area contributed by atoms with Crippen LogP contribution in [0.2, 0.25) is 0 Å². The average Bonchev–Trinajstić information content (AvgIpc) is 3.22. The number of carbonyl (C=O) groups is 3. The van der Waals surface area contributed by atoms with E-state index in [1.54, 1.807) is 36.4 Å². The van der Waals surface area contributed by atoms with Crippen molar-refractivity contribution in [3.05, 3.63) is 65.5 Å². The van der Waals surface area contributed by atoms with Gasteiger partial charge in [0.05, 0.1) is 12.6 Å². The fraction of sp³-hybridized carbons (Fsp3) is 0.318. The van der Waals surface area contributed by atoms with Crippen molar-refractivity contribution in [2.75, 3.05) is 19.0 Å². The Bertz CT molecular complexity index is 907. The van der Waals surface area contributed by atoms with Crippen LogP contribution < -0.4 is 16.0 Å². The molecule has 1 fully saturated rings. The second kappa shape index (κ2) is 9.39. The molecule has 2 aromatic carbocycles. The quantitative estimate of drug-likeness (QED) is 0.633. The number of rotatable bonds is 6. The van der Waals surface area contributed by atoms with Gasteiger partial charge in [-0.1, -0.05) is 25.0 Å². The van der Waals surface area contributed by atoms with E-state index in [1.165, 1.54) is 19.2 Å². The van der Waals surface area contributed by atoms with E-state index in [0.717, 1.165) is 31.2 Å². The summed E-state index contributed by atoms with van der Waals surface area (Å²) in [6.07, 6.45) is 3.52. The summed E-state index contributed by atoms with van der Waals surface area (Å²) in [6, 6.07) is 12.2. The number of carbonyl (C=O) groups excluding carboxylic acids is 3. The molecule has 8 heteroatoms. The standard InChI is InChI=1S/C22H24FN3O4/c1-30-19(27)14-24-20(28)15-4-10-18(11-5-15)25-21(29)26-22(12-2-3-13-22)16-6-8-17(23)9-7-16/h4-11H,2-3,12-14H2,1H3,(H,24,28)(H2,25,26,29). The fourth-order valence-corrected chi connectivity index (χ4v) is 3.64. The number of amides is 3. The molecule has 0 radical (unpaired) electrons. The molecule has 0 spiro atoms. The molecule has 7 nitrogen and oxygen atoms in total. The van der Waals surface area contributed by atoms with Gasteiger partial charge in [-0.25, -0.2) is 9.18 Å². The maximum Gasteiger partial charge on any atom is 0.325 e. The van der Waals surface area contributed by atoms with Gasteiger partial charge in [-0.15, -0.1) is 0 Å². The molecule has 0 saturated heterocycles. The van der Waals surface area contributed by atoms with Gasteiger partial charge in [0.2, 0.25) is 0 Å². The predicted octanol–water partition coefficient (Wildman–Crippen LogP) is 3.32. The zero-order chi connectivity index (χ0) is 21.6. The topological polar surface area (TPSA) is 96.5 Å². The second-order valence-corrected chi connectivity index (χ2v) is 7.21. The highest BCUT2D eigenvalue weighted by Gasteiger charge is 2.37. The molecule has 3 rings (SSSR count). The van der Waals surface area contributed by atoms with Crippen molar-refractivity contribution in [1.82, 2.24) is 10.6 Å². The third-order valence-corrected chi connectivity index (χ3v) is 5.23. The maximum absolute atomic E-state index is 13.3. The number of hydrogen-bond donors (Lipinski definition) is 3. The highest BCUT2D eigenvalue weighted by atomic mass is 19.1. The van der Waals surface area contributed by atoms with Crippen LogP contribution in [0, 0.1) is 5.82 Å². The Labute approximate surface area is 174 Å². The van der Waals surface area contributed by atoms with E-state index >= 15 is 0 Å². The van der Waals surface area contributed by atoms with Gasteiger partial charge in [0.15, 0.2) is 0 Å².